The lowest BCUT2D eigenvalue weighted by atomic mass is 9.73. The Kier molecular flexibility index (Phi) is 4.58. The molecule has 2 aliphatic rings. The lowest BCUT2D eigenvalue weighted by Gasteiger charge is -2.27. The number of carbonyl (C=O) groups excluding carboxylic acids is 1. The van der Waals surface area contributed by atoms with Crippen LogP contribution in [0.4, 0.5) is 0 Å². The average molecular weight is 412 g/mol. The van der Waals surface area contributed by atoms with Gasteiger partial charge in [0.2, 0.25) is 0 Å². The molecule has 5 rings (SSSR count). The maximum atomic E-state index is 14.3. The molecule has 0 aromatic heterocycles. The van der Waals surface area contributed by atoms with Crippen LogP contribution in [-0.2, 0) is 11.8 Å². The molecule has 0 fully saturated rings. The van der Waals surface area contributed by atoms with Gasteiger partial charge in [0.25, 0.3) is 0 Å². The SMILES string of the molecule is COc1ccc(OC)c2c1C(=O)C1(CCc3cccc(OC)c31)/C2=C/c1ccccc1. The molecule has 3 aromatic carbocycles. The van der Waals surface area contributed by atoms with E-state index in [9.17, 15) is 4.79 Å². The normalized spacial score (nSPS) is 20.1. The van der Waals surface area contributed by atoms with Gasteiger partial charge in [-0.3, -0.25) is 4.79 Å². The third-order valence-corrected chi connectivity index (χ3v) is 6.55. The van der Waals surface area contributed by atoms with Gasteiger partial charge in [0.1, 0.15) is 17.2 Å². The monoisotopic (exact) mass is 412 g/mol. The Balaban J connectivity index is 1.89. The Morgan fingerprint density at radius 3 is 2.13 bits per heavy atom. The topological polar surface area (TPSA) is 44.8 Å². The number of aryl methyl sites for hydroxylation is 1. The molecule has 0 heterocycles. The number of hydrogen-bond donors (Lipinski definition) is 0. The van der Waals surface area contributed by atoms with E-state index in [-0.39, 0.29) is 5.78 Å². The van der Waals surface area contributed by atoms with Crippen LogP contribution in [0.3, 0.4) is 0 Å². The van der Waals surface area contributed by atoms with E-state index in [1.165, 1.54) is 0 Å². The molecule has 4 heteroatoms. The van der Waals surface area contributed by atoms with Crippen molar-refractivity contribution in [2.75, 3.05) is 21.3 Å². The van der Waals surface area contributed by atoms with Crippen molar-refractivity contribution in [2.45, 2.75) is 18.3 Å². The molecule has 1 spiro atoms. The molecule has 156 valence electrons. The minimum Gasteiger partial charge on any atom is -0.496 e. The predicted molar refractivity (Wildman–Crippen MR) is 121 cm³/mol. The van der Waals surface area contributed by atoms with Crippen molar-refractivity contribution in [3.8, 4) is 17.2 Å². The van der Waals surface area contributed by atoms with E-state index in [1.807, 2.05) is 54.6 Å². The standard InChI is InChI=1S/C27H24O4/c1-29-20-12-13-21(30-2)24-23(20)19(16-17-8-5-4-6-9-17)27(26(24)28)15-14-18-10-7-11-22(31-3)25(18)27/h4-13,16H,14-15H2,1-3H3/b19-16+. The fraction of sp³-hybridized carbons (Fsp3) is 0.222. The quantitative estimate of drug-likeness (QED) is 0.581. The van der Waals surface area contributed by atoms with Crippen molar-refractivity contribution in [1.82, 2.24) is 0 Å². The molecule has 1 atom stereocenters. The Morgan fingerprint density at radius 1 is 0.774 bits per heavy atom. The Bertz CT molecular complexity index is 1210. The molecule has 0 aliphatic heterocycles. The lowest BCUT2D eigenvalue weighted by Crippen LogP contribution is -2.30. The summed E-state index contributed by atoms with van der Waals surface area (Å²) in [4.78, 5) is 14.3. The Morgan fingerprint density at radius 2 is 1.45 bits per heavy atom. The summed E-state index contributed by atoms with van der Waals surface area (Å²) < 4.78 is 17.1. The highest BCUT2D eigenvalue weighted by Gasteiger charge is 2.57. The fourth-order valence-electron chi connectivity index (χ4n) is 5.24. The van der Waals surface area contributed by atoms with Gasteiger partial charge in [-0.05, 0) is 53.8 Å². The highest BCUT2D eigenvalue weighted by atomic mass is 16.5. The van der Waals surface area contributed by atoms with Crippen LogP contribution in [0.25, 0.3) is 11.6 Å². The first-order valence-electron chi connectivity index (χ1n) is 10.4. The van der Waals surface area contributed by atoms with Crippen molar-refractivity contribution in [2.24, 2.45) is 0 Å². The highest BCUT2D eigenvalue weighted by molar-refractivity contribution is 6.26. The van der Waals surface area contributed by atoms with Crippen LogP contribution in [-0.4, -0.2) is 27.1 Å². The number of Topliss-reactive ketones (excluding diaryl/α,β-unsaturated/α-hetero) is 1. The molecule has 0 radical (unpaired) electrons. The van der Waals surface area contributed by atoms with Gasteiger partial charge in [-0.15, -0.1) is 0 Å². The Hall–Kier alpha value is -3.53. The molecule has 0 amide bonds. The second kappa shape index (κ2) is 7.31. The van der Waals surface area contributed by atoms with E-state index in [0.717, 1.165) is 40.0 Å². The van der Waals surface area contributed by atoms with E-state index in [4.69, 9.17) is 14.2 Å². The molecule has 0 N–H and O–H groups in total. The zero-order valence-corrected chi connectivity index (χ0v) is 17.9. The molecule has 0 bridgehead atoms. The molecule has 2 aliphatic carbocycles. The number of benzene rings is 3. The van der Waals surface area contributed by atoms with Crippen LogP contribution < -0.4 is 14.2 Å². The van der Waals surface area contributed by atoms with Gasteiger partial charge in [0.05, 0.1) is 32.3 Å². The van der Waals surface area contributed by atoms with E-state index < -0.39 is 5.41 Å². The zero-order chi connectivity index (χ0) is 21.6. The van der Waals surface area contributed by atoms with Gasteiger partial charge in [-0.25, -0.2) is 0 Å². The Labute approximate surface area is 182 Å². The summed E-state index contributed by atoms with van der Waals surface area (Å²) >= 11 is 0. The minimum atomic E-state index is -0.831. The van der Waals surface area contributed by atoms with E-state index >= 15 is 0 Å². The van der Waals surface area contributed by atoms with Crippen molar-refractivity contribution in [3.05, 3.63) is 88.5 Å². The maximum Gasteiger partial charge on any atom is 0.182 e. The summed E-state index contributed by atoms with van der Waals surface area (Å²) in [5, 5.41) is 0. The third kappa shape index (κ3) is 2.64. The number of methoxy groups -OCH3 is 3. The zero-order valence-electron chi connectivity index (χ0n) is 17.9. The van der Waals surface area contributed by atoms with Crippen LogP contribution in [0.5, 0.6) is 17.2 Å². The van der Waals surface area contributed by atoms with E-state index in [2.05, 4.69) is 12.1 Å². The third-order valence-electron chi connectivity index (χ3n) is 6.55. The first-order chi connectivity index (χ1) is 15.2. The van der Waals surface area contributed by atoms with Gasteiger partial charge in [-0.2, -0.15) is 0 Å². The van der Waals surface area contributed by atoms with Crippen molar-refractivity contribution in [1.29, 1.82) is 0 Å². The minimum absolute atomic E-state index is 0.0451. The number of hydrogen-bond acceptors (Lipinski definition) is 4. The van der Waals surface area contributed by atoms with Crippen LogP contribution in [0.1, 0.15) is 39.0 Å². The summed E-state index contributed by atoms with van der Waals surface area (Å²) in [6.07, 6.45) is 3.61. The summed E-state index contributed by atoms with van der Waals surface area (Å²) in [5.41, 5.74) is 4.66. The maximum absolute atomic E-state index is 14.3. The summed E-state index contributed by atoms with van der Waals surface area (Å²) in [5.74, 6) is 2.03. The number of ketones is 1. The van der Waals surface area contributed by atoms with Gasteiger partial charge in [0.15, 0.2) is 5.78 Å². The van der Waals surface area contributed by atoms with Crippen LogP contribution in [0.15, 0.2) is 60.7 Å². The van der Waals surface area contributed by atoms with Gasteiger partial charge in [0, 0.05) is 11.1 Å². The van der Waals surface area contributed by atoms with Gasteiger partial charge >= 0.3 is 0 Å². The van der Waals surface area contributed by atoms with Gasteiger partial charge in [-0.1, -0.05) is 42.5 Å². The molecule has 1 unspecified atom stereocenters. The molecule has 3 aromatic rings. The number of rotatable bonds is 4. The molecule has 31 heavy (non-hydrogen) atoms. The molecular formula is C27H24O4. The number of ether oxygens (including phenoxy) is 3. The second-order valence-electron chi connectivity index (χ2n) is 7.92. The lowest BCUT2D eigenvalue weighted by molar-refractivity contribution is 0.0929. The smallest absolute Gasteiger partial charge is 0.182 e. The fourth-order valence-corrected chi connectivity index (χ4v) is 5.24. The van der Waals surface area contributed by atoms with Crippen LogP contribution in [0, 0.1) is 0 Å². The van der Waals surface area contributed by atoms with E-state index in [0.29, 0.717) is 23.5 Å². The van der Waals surface area contributed by atoms with Gasteiger partial charge < -0.3 is 14.2 Å². The molecule has 0 saturated carbocycles. The average Bonchev–Trinajstić information content (AvgIpc) is 3.32. The van der Waals surface area contributed by atoms with Crippen LogP contribution >= 0.6 is 0 Å². The largest absolute Gasteiger partial charge is 0.496 e. The first-order valence-corrected chi connectivity index (χ1v) is 10.4. The van der Waals surface area contributed by atoms with Crippen molar-refractivity contribution in [3.63, 3.8) is 0 Å². The highest BCUT2D eigenvalue weighted by Crippen LogP contribution is 2.61. The molecule has 0 saturated heterocycles. The number of fused-ring (bicyclic) bond motifs is 3. The van der Waals surface area contributed by atoms with E-state index in [1.54, 1.807) is 21.3 Å². The summed E-state index contributed by atoms with van der Waals surface area (Å²) in [6.45, 7) is 0. The molecular weight excluding hydrogens is 388 g/mol. The number of carbonyl (C=O) groups is 1. The molecule has 4 nitrogen and oxygen atoms in total. The second-order valence-corrected chi connectivity index (χ2v) is 7.92. The predicted octanol–water partition coefficient (Wildman–Crippen LogP) is 5.33. The summed E-state index contributed by atoms with van der Waals surface area (Å²) in [6, 6.07) is 19.8. The first kappa shape index (κ1) is 19.4. The van der Waals surface area contributed by atoms with Crippen molar-refractivity contribution >= 4 is 17.4 Å². The van der Waals surface area contributed by atoms with Crippen LogP contribution in [0.2, 0.25) is 0 Å². The summed E-state index contributed by atoms with van der Waals surface area (Å²) in [7, 11) is 4.90. The van der Waals surface area contributed by atoms with Crippen molar-refractivity contribution < 1.29 is 19.0 Å². The number of allylic oxidation sites excluding steroid dienone is 1.